The number of hydrogen-bond acceptors (Lipinski definition) is 12. The van der Waals surface area contributed by atoms with Crippen molar-refractivity contribution in [1.29, 1.82) is 0 Å². The number of fused-ring (bicyclic) bond motifs is 3. The lowest BCUT2D eigenvalue weighted by Gasteiger charge is -2.75. The second kappa shape index (κ2) is 14.4. The SMILES string of the molecule is CC1=C2C[C@@H]3O[C@@H](c4ccccc4)OC4C[C@H]5OC[C@@]5(OC(=O)c5ccccc5)[C@@](C)([C@@H]5OC(C)(O)[C@@]25C[C@@H]1OC(=O)[C@H](O)[C@H](CC(C)C)NC(=O)OC(C)(C)C)[C@@]43C. The number of hydrogen-bond donors (Lipinski definition) is 3. The van der Waals surface area contributed by atoms with E-state index in [2.05, 4.69) is 19.2 Å². The van der Waals surface area contributed by atoms with Gasteiger partial charge in [0, 0.05) is 23.8 Å². The molecule has 3 saturated heterocycles. The molecule has 8 rings (SSSR count). The van der Waals surface area contributed by atoms with Crippen LogP contribution >= 0.6 is 0 Å². The fourth-order valence-electron chi connectivity index (χ4n) is 11.4. The summed E-state index contributed by atoms with van der Waals surface area (Å²) < 4.78 is 45.5. The van der Waals surface area contributed by atoms with Crippen LogP contribution in [0.1, 0.15) is 110 Å². The first-order valence-corrected chi connectivity index (χ1v) is 20.9. The molecular formula is C46H59NO12. The summed E-state index contributed by atoms with van der Waals surface area (Å²) in [4.78, 5) is 41.0. The molecule has 3 N–H and O–H groups in total. The summed E-state index contributed by atoms with van der Waals surface area (Å²) in [5.74, 6) is -3.14. The van der Waals surface area contributed by atoms with E-state index in [0.717, 1.165) is 11.1 Å². The van der Waals surface area contributed by atoms with E-state index in [0.29, 0.717) is 24.0 Å². The van der Waals surface area contributed by atoms with Gasteiger partial charge in [-0.1, -0.05) is 81.8 Å². The molecule has 6 aliphatic rings. The molecule has 2 aromatic carbocycles. The maximum absolute atomic E-state index is 14.1. The molecule has 5 fully saturated rings. The zero-order valence-electron chi connectivity index (χ0n) is 35.5. The number of nitrogens with one attached hydrogen (secondary N) is 1. The number of alkyl carbamates (subject to hydrolysis) is 1. The number of amides is 1. The van der Waals surface area contributed by atoms with E-state index in [1.54, 1.807) is 52.0 Å². The predicted octanol–water partition coefficient (Wildman–Crippen LogP) is 6.31. The summed E-state index contributed by atoms with van der Waals surface area (Å²) in [7, 11) is 0. The van der Waals surface area contributed by atoms with Crippen molar-refractivity contribution >= 4 is 18.0 Å². The Labute approximate surface area is 346 Å². The Hall–Kier alpha value is -3.85. The van der Waals surface area contributed by atoms with Gasteiger partial charge in [0.25, 0.3) is 0 Å². The molecule has 0 radical (unpaired) electrons. The molecule has 2 unspecified atom stereocenters. The zero-order chi connectivity index (χ0) is 42.5. The largest absolute Gasteiger partial charge is 0.456 e. The molecule has 0 aromatic heterocycles. The maximum Gasteiger partial charge on any atom is 0.407 e. The summed E-state index contributed by atoms with van der Waals surface area (Å²) in [5.41, 5.74) is -2.35. The number of esters is 2. The second-order valence-corrected chi connectivity index (χ2v) is 19.4. The first-order chi connectivity index (χ1) is 27.7. The van der Waals surface area contributed by atoms with E-state index in [-0.39, 0.29) is 25.4 Å². The lowest BCUT2D eigenvalue weighted by atomic mass is 9.40. The number of carbonyl (C=O) groups is 3. The van der Waals surface area contributed by atoms with Crippen molar-refractivity contribution in [3.63, 3.8) is 0 Å². The van der Waals surface area contributed by atoms with Gasteiger partial charge < -0.3 is 48.7 Å². The van der Waals surface area contributed by atoms with Gasteiger partial charge in [0.2, 0.25) is 0 Å². The number of aliphatic hydroxyl groups is 2. The molecule has 1 spiro atoms. The molecule has 1 amide bonds. The highest BCUT2D eigenvalue weighted by Crippen LogP contribution is 2.78. The van der Waals surface area contributed by atoms with Gasteiger partial charge in [-0.05, 0) is 71.1 Å². The molecule has 13 heteroatoms. The van der Waals surface area contributed by atoms with Crippen molar-refractivity contribution in [3.8, 4) is 0 Å². The van der Waals surface area contributed by atoms with Crippen LogP contribution in [-0.4, -0.2) is 94.5 Å². The van der Waals surface area contributed by atoms with Gasteiger partial charge in [-0.15, -0.1) is 0 Å². The Morgan fingerprint density at radius 3 is 2.19 bits per heavy atom. The van der Waals surface area contributed by atoms with Crippen LogP contribution in [0.3, 0.4) is 0 Å². The summed E-state index contributed by atoms with van der Waals surface area (Å²) >= 11 is 0. The van der Waals surface area contributed by atoms with Gasteiger partial charge in [0.15, 0.2) is 23.8 Å². The molecule has 320 valence electrons. The normalized spacial score (nSPS) is 39.1. The summed E-state index contributed by atoms with van der Waals surface area (Å²) in [6, 6.07) is 17.6. The van der Waals surface area contributed by atoms with Gasteiger partial charge in [0.05, 0.1) is 47.4 Å². The number of ether oxygens (including phenoxy) is 7. The lowest BCUT2D eigenvalue weighted by molar-refractivity contribution is -0.479. The van der Waals surface area contributed by atoms with Gasteiger partial charge in [0.1, 0.15) is 17.8 Å². The third kappa shape index (κ3) is 6.28. The van der Waals surface area contributed by atoms with E-state index in [1.165, 1.54) is 0 Å². The lowest BCUT2D eigenvalue weighted by Crippen LogP contribution is -2.87. The molecule has 13 atom stereocenters. The van der Waals surface area contributed by atoms with Crippen LogP contribution in [-0.2, 0) is 38.0 Å². The first-order valence-electron chi connectivity index (χ1n) is 20.9. The van der Waals surface area contributed by atoms with Crippen molar-refractivity contribution in [2.45, 2.75) is 154 Å². The minimum atomic E-state index is -1.74. The molecule has 3 heterocycles. The van der Waals surface area contributed by atoms with Crippen molar-refractivity contribution < 1.29 is 57.8 Å². The number of aliphatic hydroxyl groups excluding tert-OH is 1. The highest BCUT2D eigenvalue weighted by molar-refractivity contribution is 5.90. The number of carbonyl (C=O) groups excluding carboxylic acids is 3. The Bertz CT molecular complexity index is 2000. The van der Waals surface area contributed by atoms with Gasteiger partial charge >= 0.3 is 18.0 Å². The Morgan fingerprint density at radius 2 is 1.59 bits per heavy atom. The number of rotatable bonds is 9. The van der Waals surface area contributed by atoms with Crippen molar-refractivity contribution in [2.75, 3.05) is 6.61 Å². The molecule has 3 aliphatic heterocycles. The van der Waals surface area contributed by atoms with E-state index in [4.69, 9.17) is 33.2 Å². The van der Waals surface area contributed by atoms with Crippen molar-refractivity contribution in [1.82, 2.24) is 5.32 Å². The van der Waals surface area contributed by atoms with Crippen LogP contribution in [0.4, 0.5) is 4.79 Å². The fraction of sp³-hybridized carbons (Fsp3) is 0.630. The molecule has 13 nitrogen and oxygen atoms in total. The first kappa shape index (κ1) is 41.9. The second-order valence-electron chi connectivity index (χ2n) is 19.4. The Morgan fingerprint density at radius 1 is 0.949 bits per heavy atom. The third-order valence-electron chi connectivity index (χ3n) is 14.6. The minimum absolute atomic E-state index is 0.0115. The molecular weight excluding hydrogens is 759 g/mol. The van der Waals surface area contributed by atoms with Crippen LogP contribution < -0.4 is 5.32 Å². The standard InChI is InChI=1S/C46H59NO12/c1-25(2)20-30(47-40(51)59-41(4,5)6)35(48)37(50)54-31-23-45-29(26(31)3)21-32-42(7)33(56-38(55-32)28-18-14-11-15-19-28)22-34-46(24-53-34,43(42,8)39(45)58-44(45,9)52)57-36(49)27-16-12-10-13-17-27/h10-19,25,30-35,38-39,48,52H,20-24H2,1-9H3,(H,47,51)/t30-,31-,32-,33?,34+,35+,38+,39-,42+,43-,44?,45-,46-/m0/s1. The smallest absolute Gasteiger partial charge is 0.407 e. The minimum Gasteiger partial charge on any atom is -0.456 e. The van der Waals surface area contributed by atoms with E-state index < -0.39 is 100 Å². The highest BCUT2D eigenvalue weighted by Gasteiger charge is 2.87. The average Bonchev–Trinajstić information content (AvgIpc) is 3.43. The summed E-state index contributed by atoms with van der Waals surface area (Å²) in [6.45, 7) is 16.8. The highest BCUT2D eigenvalue weighted by atomic mass is 16.7. The molecule has 3 aliphatic carbocycles. The predicted molar refractivity (Wildman–Crippen MR) is 212 cm³/mol. The average molecular weight is 818 g/mol. The monoisotopic (exact) mass is 817 g/mol. The molecule has 59 heavy (non-hydrogen) atoms. The number of benzene rings is 2. The van der Waals surface area contributed by atoms with E-state index in [1.807, 2.05) is 57.2 Å². The Balaban J connectivity index is 1.19. The van der Waals surface area contributed by atoms with Crippen LogP contribution in [0.5, 0.6) is 0 Å². The quantitative estimate of drug-likeness (QED) is 0.147. The van der Waals surface area contributed by atoms with E-state index >= 15 is 0 Å². The van der Waals surface area contributed by atoms with E-state index in [9.17, 15) is 24.6 Å². The fourth-order valence-corrected chi connectivity index (χ4v) is 11.4. The zero-order valence-corrected chi connectivity index (χ0v) is 35.5. The van der Waals surface area contributed by atoms with Crippen LogP contribution in [0.15, 0.2) is 71.8 Å². The van der Waals surface area contributed by atoms with Crippen LogP contribution in [0.2, 0.25) is 0 Å². The maximum atomic E-state index is 14.1. The third-order valence-corrected chi connectivity index (χ3v) is 14.6. The molecule has 2 saturated carbocycles. The van der Waals surface area contributed by atoms with Gasteiger partial charge in [-0.3, -0.25) is 0 Å². The van der Waals surface area contributed by atoms with Crippen LogP contribution in [0.25, 0.3) is 0 Å². The molecule has 0 bridgehead atoms. The van der Waals surface area contributed by atoms with Crippen molar-refractivity contribution in [2.24, 2.45) is 22.2 Å². The Kier molecular flexibility index (Phi) is 10.2. The van der Waals surface area contributed by atoms with Crippen LogP contribution in [0, 0.1) is 22.2 Å². The van der Waals surface area contributed by atoms with Crippen molar-refractivity contribution in [3.05, 3.63) is 82.9 Å². The van der Waals surface area contributed by atoms with Gasteiger partial charge in [-0.2, -0.15) is 0 Å². The topological polar surface area (TPSA) is 168 Å². The summed E-state index contributed by atoms with van der Waals surface area (Å²) in [6.07, 6.45) is -5.24. The summed E-state index contributed by atoms with van der Waals surface area (Å²) in [5, 5.41) is 26.6. The van der Waals surface area contributed by atoms with Gasteiger partial charge in [-0.25, -0.2) is 14.4 Å². The molecule has 2 aromatic rings.